The molecule has 26 heavy (non-hydrogen) atoms. The van der Waals surface area contributed by atoms with Gasteiger partial charge in [0.05, 0.1) is 11.7 Å². The van der Waals surface area contributed by atoms with Crippen molar-refractivity contribution in [1.29, 1.82) is 0 Å². The van der Waals surface area contributed by atoms with Crippen LogP contribution in [-0.2, 0) is 17.8 Å². The molecule has 0 unspecified atom stereocenters. The van der Waals surface area contributed by atoms with Crippen LogP contribution in [0.3, 0.4) is 0 Å². The Morgan fingerprint density at radius 1 is 1.19 bits per heavy atom. The molecule has 1 aliphatic heterocycles. The molecule has 2 heterocycles. The minimum Gasteiger partial charge on any atom is -0.334 e. The van der Waals surface area contributed by atoms with Gasteiger partial charge in [0.1, 0.15) is 5.82 Å². The van der Waals surface area contributed by atoms with Gasteiger partial charge < -0.3 is 15.6 Å². The molecule has 5 nitrogen and oxygen atoms in total. The summed E-state index contributed by atoms with van der Waals surface area (Å²) in [7, 11) is 0. The van der Waals surface area contributed by atoms with Gasteiger partial charge in [0.15, 0.2) is 0 Å². The number of nitrogens with one attached hydrogen (secondary N) is 1. The Labute approximate surface area is 167 Å². The first-order valence-corrected chi connectivity index (χ1v) is 8.57. The van der Waals surface area contributed by atoms with Crippen molar-refractivity contribution in [1.82, 2.24) is 9.55 Å². The van der Waals surface area contributed by atoms with E-state index >= 15 is 0 Å². The van der Waals surface area contributed by atoms with Crippen LogP contribution in [0.25, 0.3) is 11.3 Å². The van der Waals surface area contributed by atoms with E-state index in [-0.39, 0.29) is 36.1 Å². The van der Waals surface area contributed by atoms with Crippen molar-refractivity contribution >= 4 is 36.4 Å². The van der Waals surface area contributed by atoms with Gasteiger partial charge in [0.2, 0.25) is 5.91 Å². The molecular formula is C19H28Cl2N4O. The highest BCUT2D eigenvalue weighted by Gasteiger charge is 2.27. The molecule has 1 aromatic heterocycles. The van der Waals surface area contributed by atoms with E-state index in [1.54, 1.807) is 0 Å². The highest BCUT2D eigenvalue weighted by atomic mass is 35.5. The van der Waals surface area contributed by atoms with Gasteiger partial charge >= 0.3 is 0 Å². The van der Waals surface area contributed by atoms with Gasteiger partial charge in [0, 0.05) is 30.4 Å². The van der Waals surface area contributed by atoms with Crippen molar-refractivity contribution in [3.05, 3.63) is 36.3 Å². The number of nitrogens with zero attached hydrogens (tertiary/aromatic N) is 2. The summed E-state index contributed by atoms with van der Waals surface area (Å²) in [6, 6.07) is 7.25. The molecule has 1 aliphatic rings. The maximum atomic E-state index is 12.2. The predicted molar refractivity (Wildman–Crippen MR) is 111 cm³/mol. The molecule has 0 fully saturated rings. The summed E-state index contributed by atoms with van der Waals surface area (Å²) >= 11 is 0. The maximum Gasteiger partial charge on any atom is 0.241 e. The Bertz CT molecular complexity index is 711. The van der Waals surface area contributed by atoms with E-state index in [4.69, 9.17) is 10.7 Å². The lowest BCUT2D eigenvalue weighted by Gasteiger charge is -2.25. The number of imidazole rings is 1. The number of carbonyl (C=O) groups is 1. The highest BCUT2D eigenvalue weighted by Crippen LogP contribution is 2.24. The minimum absolute atomic E-state index is 0. The Morgan fingerprint density at radius 2 is 1.85 bits per heavy atom. The van der Waals surface area contributed by atoms with Crippen molar-refractivity contribution in [2.75, 3.05) is 5.32 Å². The first kappa shape index (κ1) is 22.5. The molecule has 0 aliphatic carbocycles. The number of hydrogen-bond acceptors (Lipinski definition) is 3. The number of aromatic nitrogens is 2. The van der Waals surface area contributed by atoms with Gasteiger partial charge in [-0.1, -0.05) is 32.9 Å². The monoisotopic (exact) mass is 398 g/mol. The normalized spacial score (nSPS) is 14.5. The second-order valence-electron chi connectivity index (χ2n) is 7.60. The van der Waals surface area contributed by atoms with E-state index in [2.05, 4.69) is 16.1 Å². The van der Waals surface area contributed by atoms with Gasteiger partial charge in [-0.15, -0.1) is 24.8 Å². The maximum absolute atomic E-state index is 12.2. The van der Waals surface area contributed by atoms with E-state index in [9.17, 15) is 4.79 Å². The van der Waals surface area contributed by atoms with Crippen molar-refractivity contribution in [2.45, 2.75) is 52.6 Å². The zero-order chi connectivity index (χ0) is 17.3. The number of rotatable bonds is 3. The van der Waals surface area contributed by atoms with Crippen molar-refractivity contribution in [3.8, 4) is 11.3 Å². The zero-order valence-electron chi connectivity index (χ0n) is 15.5. The molecule has 3 N–H and O–H groups in total. The number of anilines is 1. The summed E-state index contributed by atoms with van der Waals surface area (Å²) in [5.74, 6) is 1.01. The second kappa shape index (κ2) is 8.89. The number of carbonyl (C=O) groups excluding carboxylic acids is 1. The second-order valence-corrected chi connectivity index (χ2v) is 7.60. The quantitative estimate of drug-likeness (QED) is 0.818. The topological polar surface area (TPSA) is 72.9 Å². The van der Waals surface area contributed by atoms with Gasteiger partial charge in [-0.2, -0.15) is 0 Å². The molecule has 1 aromatic carbocycles. The van der Waals surface area contributed by atoms with Crippen LogP contribution in [0, 0.1) is 5.41 Å². The van der Waals surface area contributed by atoms with Crippen molar-refractivity contribution in [3.63, 3.8) is 0 Å². The van der Waals surface area contributed by atoms with Gasteiger partial charge in [-0.05, 0) is 30.4 Å². The number of aryl methyl sites for hydroxylation is 2. The molecule has 2 aromatic rings. The fourth-order valence-electron chi connectivity index (χ4n) is 2.89. The molecule has 7 heteroatoms. The van der Waals surface area contributed by atoms with E-state index in [0.29, 0.717) is 0 Å². The SMILES string of the molecule is CC(C)(C)[C@H](N)C(=O)Nc1ccc(-c2cn3c(n2)CCCC3)cc1.Cl.Cl. The van der Waals surface area contributed by atoms with Crippen LogP contribution in [0.4, 0.5) is 5.69 Å². The summed E-state index contributed by atoms with van der Waals surface area (Å²) in [5.41, 5.74) is 8.55. The standard InChI is InChI=1S/C19H26N4O.2ClH/c1-19(2,3)17(20)18(24)21-14-9-7-13(8-10-14)15-12-23-11-5-4-6-16(23)22-15;;/h7-10,12,17H,4-6,11,20H2,1-3H3,(H,21,24);2*1H/t17-;;/m1../s1. The number of halogens is 2. The predicted octanol–water partition coefficient (Wildman–Crippen LogP) is 4.04. The number of benzene rings is 1. The van der Waals surface area contributed by atoms with Crippen molar-refractivity contribution < 1.29 is 4.79 Å². The molecule has 0 radical (unpaired) electrons. The largest absolute Gasteiger partial charge is 0.334 e. The summed E-state index contributed by atoms with van der Waals surface area (Å²) in [6.45, 7) is 6.93. The fraction of sp³-hybridized carbons (Fsp3) is 0.474. The van der Waals surface area contributed by atoms with Crippen LogP contribution in [0.2, 0.25) is 0 Å². The number of amides is 1. The number of hydrogen-bond donors (Lipinski definition) is 2. The van der Waals surface area contributed by atoms with E-state index < -0.39 is 6.04 Å². The molecule has 0 saturated carbocycles. The molecule has 0 spiro atoms. The van der Waals surface area contributed by atoms with Crippen LogP contribution in [0.1, 0.15) is 39.4 Å². The van der Waals surface area contributed by atoms with Crippen LogP contribution in [0.15, 0.2) is 30.5 Å². The molecule has 1 atom stereocenters. The minimum atomic E-state index is -0.544. The van der Waals surface area contributed by atoms with Crippen LogP contribution < -0.4 is 11.1 Å². The summed E-state index contributed by atoms with van der Waals surface area (Å²) in [5, 5.41) is 2.89. The molecule has 3 rings (SSSR count). The lowest BCUT2D eigenvalue weighted by Crippen LogP contribution is -2.45. The lowest BCUT2D eigenvalue weighted by molar-refractivity contribution is -0.119. The fourth-order valence-corrected chi connectivity index (χ4v) is 2.89. The van der Waals surface area contributed by atoms with Gasteiger partial charge in [0.25, 0.3) is 0 Å². The lowest BCUT2D eigenvalue weighted by atomic mass is 9.87. The van der Waals surface area contributed by atoms with Crippen LogP contribution in [0.5, 0.6) is 0 Å². The summed E-state index contributed by atoms with van der Waals surface area (Å²) in [6.07, 6.45) is 5.62. The third-order valence-corrected chi connectivity index (χ3v) is 4.57. The summed E-state index contributed by atoms with van der Waals surface area (Å²) < 4.78 is 2.25. The molecule has 0 bridgehead atoms. The average Bonchev–Trinajstić information content (AvgIpc) is 2.98. The van der Waals surface area contributed by atoms with Crippen LogP contribution >= 0.6 is 24.8 Å². The van der Waals surface area contributed by atoms with Gasteiger partial charge in [-0.3, -0.25) is 4.79 Å². The third-order valence-electron chi connectivity index (χ3n) is 4.57. The van der Waals surface area contributed by atoms with Crippen LogP contribution in [-0.4, -0.2) is 21.5 Å². The Morgan fingerprint density at radius 3 is 2.42 bits per heavy atom. The molecule has 1 amide bonds. The molecular weight excluding hydrogens is 371 g/mol. The third kappa shape index (κ3) is 5.00. The first-order chi connectivity index (χ1) is 11.3. The zero-order valence-corrected chi connectivity index (χ0v) is 17.1. The van der Waals surface area contributed by atoms with Gasteiger partial charge in [-0.25, -0.2) is 4.98 Å². The Kier molecular flexibility index (Phi) is 7.69. The smallest absolute Gasteiger partial charge is 0.241 e. The average molecular weight is 399 g/mol. The first-order valence-electron chi connectivity index (χ1n) is 8.57. The van der Waals surface area contributed by atoms with Crippen molar-refractivity contribution in [2.24, 2.45) is 11.1 Å². The van der Waals surface area contributed by atoms with E-state index in [1.165, 1.54) is 18.7 Å². The Hall–Kier alpha value is -1.56. The summed E-state index contributed by atoms with van der Waals surface area (Å²) in [4.78, 5) is 16.9. The highest BCUT2D eigenvalue weighted by molar-refractivity contribution is 5.95. The molecule has 0 saturated heterocycles. The Balaban J connectivity index is 0.00000169. The van der Waals surface area contributed by atoms with E-state index in [0.717, 1.165) is 29.9 Å². The number of nitrogens with two attached hydrogens (primary N) is 1. The molecule has 144 valence electrons. The van der Waals surface area contributed by atoms with E-state index in [1.807, 2.05) is 45.0 Å². The number of fused-ring (bicyclic) bond motifs is 1.